The van der Waals surface area contributed by atoms with E-state index in [9.17, 15) is 4.79 Å². The first-order valence-corrected chi connectivity index (χ1v) is 6.85. The lowest BCUT2D eigenvalue weighted by atomic mass is 10.2. The number of hydrogen-bond acceptors (Lipinski definition) is 3. The van der Waals surface area contributed by atoms with Crippen LogP contribution in [0.25, 0.3) is 0 Å². The molecule has 1 atom stereocenters. The first-order chi connectivity index (χ1) is 8.13. The molecule has 1 amide bonds. The van der Waals surface area contributed by atoms with Gasteiger partial charge in [-0.1, -0.05) is 13.8 Å². The molecule has 0 heterocycles. The minimum Gasteiger partial charge on any atom is -0.352 e. The Morgan fingerprint density at radius 3 is 2.29 bits per heavy atom. The predicted octanol–water partition coefficient (Wildman–Crippen LogP) is 1.35. The molecule has 0 rings (SSSR count). The summed E-state index contributed by atoms with van der Waals surface area (Å²) in [6.07, 6.45) is 3.89. The summed E-state index contributed by atoms with van der Waals surface area (Å²) in [6, 6.07) is 0.0879. The maximum Gasteiger partial charge on any atom is 0.220 e. The summed E-state index contributed by atoms with van der Waals surface area (Å²) in [4.78, 5) is 14.0. The van der Waals surface area contributed by atoms with Crippen molar-refractivity contribution in [2.45, 2.75) is 52.5 Å². The number of carbonyl (C=O) groups is 1. The number of hydrogen-bond donors (Lipinski definition) is 2. The van der Waals surface area contributed by atoms with Gasteiger partial charge in [0.25, 0.3) is 0 Å². The van der Waals surface area contributed by atoms with Crippen LogP contribution in [0.4, 0.5) is 0 Å². The standard InChI is InChI=1S/C13H29N3O/c1-4-8-16(9-5-2)10-6-7-13(17)15-12(3)11-14/h12H,4-11,14H2,1-3H3,(H,15,17)/t12-/m0/s1. The number of nitrogens with zero attached hydrogens (tertiary/aromatic N) is 1. The van der Waals surface area contributed by atoms with Gasteiger partial charge in [-0.05, 0) is 45.8 Å². The summed E-state index contributed by atoms with van der Waals surface area (Å²) in [6.45, 7) is 10.1. The fourth-order valence-corrected chi connectivity index (χ4v) is 1.84. The number of rotatable bonds is 10. The molecule has 0 fully saturated rings. The van der Waals surface area contributed by atoms with Crippen LogP contribution in [0.15, 0.2) is 0 Å². The van der Waals surface area contributed by atoms with E-state index in [1.54, 1.807) is 0 Å². The van der Waals surface area contributed by atoms with Gasteiger partial charge in [0.2, 0.25) is 5.91 Å². The van der Waals surface area contributed by atoms with E-state index in [4.69, 9.17) is 5.73 Å². The Bertz CT molecular complexity index is 191. The minimum absolute atomic E-state index is 0.0879. The molecular weight excluding hydrogens is 214 g/mol. The molecule has 4 heteroatoms. The molecule has 0 radical (unpaired) electrons. The molecule has 102 valence electrons. The van der Waals surface area contributed by atoms with E-state index in [1.807, 2.05) is 6.92 Å². The Balaban J connectivity index is 3.68. The molecule has 0 aliphatic heterocycles. The first kappa shape index (κ1) is 16.4. The van der Waals surface area contributed by atoms with Crippen LogP contribution in [0, 0.1) is 0 Å². The van der Waals surface area contributed by atoms with Gasteiger partial charge >= 0.3 is 0 Å². The number of nitrogens with one attached hydrogen (secondary N) is 1. The van der Waals surface area contributed by atoms with Crippen molar-refractivity contribution < 1.29 is 4.79 Å². The highest BCUT2D eigenvalue weighted by atomic mass is 16.1. The lowest BCUT2D eigenvalue weighted by Gasteiger charge is -2.20. The quantitative estimate of drug-likeness (QED) is 0.609. The van der Waals surface area contributed by atoms with Crippen molar-refractivity contribution >= 4 is 5.91 Å². The lowest BCUT2D eigenvalue weighted by molar-refractivity contribution is -0.121. The van der Waals surface area contributed by atoms with E-state index < -0.39 is 0 Å². The highest BCUT2D eigenvalue weighted by molar-refractivity contribution is 5.76. The fraction of sp³-hybridized carbons (Fsp3) is 0.923. The van der Waals surface area contributed by atoms with E-state index >= 15 is 0 Å². The van der Waals surface area contributed by atoms with Crippen molar-refractivity contribution in [1.29, 1.82) is 0 Å². The predicted molar refractivity (Wildman–Crippen MR) is 72.9 cm³/mol. The zero-order valence-corrected chi connectivity index (χ0v) is 11.7. The smallest absolute Gasteiger partial charge is 0.220 e. The van der Waals surface area contributed by atoms with E-state index in [1.165, 1.54) is 12.8 Å². The van der Waals surface area contributed by atoms with E-state index in [-0.39, 0.29) is 11.9 Å². The SMILES string of the molecule is CCCN(CCC)CCCC(=O)N[C@@H](C)CN. The van der Waals surface area contributed by atoms with Crippen molar-refractivity contribution in [2.24, 2.45) is 5.73 Å². The van der Waals surface area contributed by atoms with Crippen molar-refractivity contribution in [3.05, 3.63) is 0 Å². The average molecular weight is 243 g/mol. The second kappa shape index (κ2) is 10.5. The Morgan fingerprint density at radius 1 is 1.24 bits per heavy atom. The summed E-state index contributed by atoms with van der Waals surface area (Å²) in [5.41, 5.74) is 5.45. The zero-order valence-electron chi connectivity index (χ0n) is 11.7. The van der Waals surface area contributed by atoms with Gasteiger partial charge in [-0.2, -0.15) is 0 Å². The van der Waals surface area contributed by atoms with E-state index in [2.05, 4.69) is 24.1 Å². The molecule has 0 aromatic heterocycles. The van der Waals surface area contributed by atoms with Crippen molar-refractivity contribution in [3.63, 3.8) is 0 Å². The maximum atomic E-state index is 11.5. The van der Waals surface area contributed by atoms with Gasteiger partial charge in [-0.25, -0.2) is 0 Å². The Hall–Kier alpha value is -0.610. The number of carbonyl (C=O) groups excluding carboxylic acids is 1. The third kappa shape index (κ3) is 9.12. The van der Waals surface area contributed by atoms with Gasteiger partial charge in [0.1, 0.15) is 0 Å². The van der Waals surface area contributed by atoms with Gasteiger partial charge < -0.3 is 16.0 Å². The molecular formula is C13H29N3O. The second-order valence-electron chi connectivity index (χ2n) is 4.65. The van der Waals surface area contributed by atoms with Crippen LogP contribution in [0.3, 0.4) is 0 Å². The summed E-state index contributed by atoms with van der Waals surface area (Å²) >= 11 is 0. The Kier molecular flexibility index (Phi) is 10.2. The largest absolute Gasteiger partial charge is 0.352 e. The molecule has 0 aromatic carbocycles. The number of nitrogens with two attached hydrogens (primary N) is 1. The van der Waals surface area contributed by atoms with Gasteiger partial charge in [0.15, 0.2) is 0 Å². The molecule has 0 unspecified atom stereocenters. The van der Waals surface area contributed by atoms with Crippen LogP contribution in [0.2, 0.25) is 0 Å². The van der Waals surface area contributed by atoms with Crippen LogP contribution >= 0.6 is 0 Å². The molecule has 3 N–H and O–H groups in total. The summed E-state index contributed by atoms with van der Waals surface area (Å²) in [5, 5.41) is 2.88. The Morgan fingerprint density at radius 2 is 1.82 bits per heavy atom. The summed E-state index contributed by atoms with van der Waals surface area (Å²) in [5.74, 6) is 0.121. The third-order valence-electron chi connectivity index (χ3n) is 2.72. The molecule has 0 aliphatic carbocycles. The summed E-state index contributed by atoms with van der Waals surface area (Å²) in [7, 11) is 0. The Labute approximate surface area is 106 Å². The molecule has 0 saturated carbocycles. The van der Waals surface area contributed by atoms with Crippen LogP contribution < -0.4 is 11.1 Å². The van der Waals surface area contributed by atoms with Gasteiger partial charge in [0.05, 0.1) is 0 Å². The molecule has 4 nitrogen and oxygen atoms in total. The molecule has 0 aromatic rings. The first-order valence-electron chi connectivity index (χ1n) is 6.85. The van der Waals surface area contributed by atoms with Gasteiger partial charge in [-0.3, -0.25) is 4.79 Å². The molecule has 0 saturated heterocycles. The number of amides is 1. The maximum absolute atomic E-state index is 11.5. The molecule has 0 bridgehead atoms. The van der Waals surface area contributed by atoms with Crippen molar-refractivity contribution in [3.8, 4) is 0 Å². The van der Waals surface area contributed by atoms with Gasteiger partial charge in [-0.15, -0.1) is 0 Å². The fourth-order valence-electron chi connectivity index (χ4n) is 1.84. The molecule has 0 aliphatic rings. The molecule has 0 spiro atoms. The van der Waals surface area contributed by atoms with Crippen LogP contribution in [-0.4, -0.2) is 43.0 Å². The van der Waals surface area contributed by atoms with E-state index in [0.717, 1.165) is 26.1 Å². The van der Waals surface area contributed by atoms with Crippen molar-refractivity contribution in [1.82, 2.24) is 10.2 Å². The second-order valence-corrected chi connectivity index (χ2v) is 4.65. The highest BCUT2D eigenvalue weighted by Crippen LogP contribution is 1.99. The normalized spacial score (nSPS) is 12.8. The van der Waals surface area contributed by atoms with Crippen LogP contribution in [-0.2, 0) is 4.79 Å². The van der Waals surface area contributed by atoms with Gasteiger partial charge in [0, 0.05) is 19.0 Å². The zero-order chi connectivity index (χ0) is 13.1. The van der Waals surface area contributed by atoms with Crippen molar-refractivity contribution in [2.75, 3.05) is 26.2 Å². The van der Waals surface area contributed by atoms with E-state index in [0.29, 0.717) is 13.0 Å². The van der Waals surface area contributed by atoms with Crippen LogP contribution in [0.1, 0.15) is 46.5 Å². The minimum atomic E-state index is 0.0879. The summed E-state index contributed by atoms with van der Waals surface area (Å²) < 4.78 is 0. The molecule has 17 heavy (non-hydrogen) atoms. The van der Waals surface area contributed by atoms with Crippen LogP contribution in [0.5, 0.6) is 0 Å². The third-order valence-corrected chi connectivity index (χ3v) is 2.72. The topological polar surface area (TPSA) is 58.4 Å². The monoisotopic (exact) mass is 243 g/mol. The highest BCUT2D eigenvalue weighted by Gasteiger charge is 2.07. The average Bonchev–Trinajstić information content (AvgIpc) is 2.29. The lowest BCUT2D eigenvalue weighted by Crippen LogP contribution is -2.38.